The molecule has 8 heteroatoms. The van der Waals surface area contributed by atoms with E-state index < -0.39 is 0 Å². The third-order valence-corrected chi connectivity index (χ3v) is 6.68. The molecule has 3 amide bonds. The van der Waals surface area contributed by atoms with E-state index in [1.54, 1.807) is 24.3 Å². The van der Waals surface area contributed by atoms with Crippen LogP contribution < -0.4 is 21.5 Å². The number of benzene rings is 2. The van der Waals surface area contributed by atoms with Crippen LogP contribution in [-0.4, -0.2) is 34.8 Å². The van der Waals surface area contributed by atoms with Gasteiger partial charge in [-0.2, -0.15) is 5.10 Å². The highest BCUT2D eigenvalue weighted by atomic mass is 16.2. The molecule has 3 aromatic rings. The lowest BCUT2D eigenvalue weighted by molar-refractivity contribution is 0.0953. The van der Waals surface area contributed by atoms with Gasteiger partial charge in [0.15, 0.2) is 0 Å². The third-order valence-electron chi connectivity index (χ3n) is 6.68. The summed E-state index contributed by atoms with van der Waals surface area (Å²) in [7, 11) is 0. The summed E-state index contributed by atoms with van der Waals surface area (Å²) in [6.07, 6.45) is 10.7. The van der Waals surface area contributed by atoms with Gasteiger partial charge in [0.2, 0.25) is 0 Å². The maximum atomic E-state index is 12.5. The van der Waals surface area contributed by atoms with Crippen molar-refractivity contribution in [1.82, 2.24) is 20.4 Å². The van der Waals surface area contributed by atoms with Crippen molar-refractivity contribution in [3.8, 4) is 11.3 Å². The molecule has 3 N–H and O–H groups in total. The van der Waals surface area contributed by atoms with E-state index in [-0.39, 0.29) is 24.0 Å². The van der Waals surface area contributed by atoms with Crippen molar-refractivity contribution in [3.63, 3.8) is 0 Å². The summed E-state index contributed by atoms with van der Waals surface area (Å²) in [6.45, 7) is 5.76. The second-order valence-corrected chi connectivity index (χ2v) is 10.1. The van der Waals surface area contributed by atoms with Crippen LogP contribution in [0.2, 0.25) is 0 Å². The van der Waals surface area contributed by atoms with Crippen molar-refractivity contribution < 1.29 is 9.59 Å². The zero-order chi connectivity index (χ0) is 28.6. The molecule has 0 fully saturated rings. The lowest BCUT2D eigenvalue weighted by Gasteiger charge is -2.10. The number of nitrogens with one attached hydrogen (secondary N) is 3. The Morgan fingerprint density at radius 3 is 2.23 bits per heavy atom. The SMILES string of the molecule is CCCCCCCCCCNC(=O)c1ccc(-c2ccc(=O)n(Cc3cccc(NC(=O)NCCC)c3)n2)cc1. The molecule has 0 radical (unpaired) electrons. The van der Waals surface area contributed by atoms with Crippen molar-refractivity contribution in [3.05, 3.63) is 82.1 Å². The van der Waals surface area contributed by atoms with E-state index in [9.17, 15) is 14.4 Å². The Balaban J connectivity index is 1.54. The number of nitrogens with zero attached hydrogens (tertiary/aromatic N) is 2. The van der Waals surface area contributed by atoms with Gasteiger partial charge >= 0.3 is 6.03 Å². The first-order valence-electron chi connectivity index (χ1n) is 14.6. The summed E-state index contributed by atoms with van der Waals surface area (Å²) in [5.41, 5.74) is 3.31. The smallest absolute Gasteiger partial charge is 0.319 e. The second kappa shape index (κ2) is 16.9. The number of hydrogen-bond acceptors (Lipinski definition) is 4. The van der Waals surface area contributed by atoms with E-state index >= 15 is 0 Å². The van der Waals surface area contributed by atoms with Gasteiger partial charge in [-0.1, -0.05) is 83.1 Å². The molecule has 214 valence electrons. The molecule has 0 bridgehead atoms. The Morgan fingerprint density at radius 1 is 0.775 bits per heavy atom. The van der Waals surface area contributed by atoms with Crippen molar-refractivity contribution >= 4 is 17.6 Å². The van der Waals surface area contributed by atoms with E-state index in [4.69, 9.17) is 0 Å². The molecule has 0 aliphatic heterocycles. The highest BCUT2D eigenvalue weighted by Gasteiger charge is 2.09. The van der Waals surface area contributed by atoms with Crippen LogP contribution in [0.1, 0.15) is 87.6 Å². The molecule has 0 unspecified atom stereocenters. The predicted molar refractivity (Wildman–Crippen MR) is 162 cm³/mol. The number of hydrogen-bond donors (Lipinski definition) is 3. The van der Waals surface area contributed by atoms with Crippen LogP contribution in [0.25, 0.3) is 11.3 Å². The quantitative estimate of drug-likeness (QED) is 0.182. The minimum Gasteiger partial charge on any atom is -0.352 e. The zero-order valence-electron chi connectivity index (χ0n) is 23.9. The Hall–Kier alpha value is -3.94. The van der Waals surface area contributed by atoms with E-state index in [0.717, 1.165) is 30.4 Å². The minimum absolute atomic E-state index is 0.0794. The monoisotopic (exact) mass is 545 g/mol. The lowest BCUT2D eigenvalue weighted by Crippen LogP contribution is -2.29. The predicted octanol–water partition coefficient (Wildman–Crippen LogP) is 6.36. The fourth-order valence-electron chi connectivity index (χ4n) is 4.41. The van der Waals surface area contributed by atoms with Gasteiger partial charge in [0.05, 0.1) is 12.2 Å². The third kappa shape index (κ3) is 10.3. The maximum absolute atomic E-state index is 12.5. The zero-order valence-corrected chi connectivity index (χ0v) is 23.9. The number of unbranched alkanes of at least 4 members (excludes halogenated alkanes) is 7. The molecule has 3 rings (SSSR count). The van der Waals surface area contributed by atoms with Crippen molar-refractivity contribution in [1.29, 1.82) is 0 Å². The van der Waals surface area contributed by atoms with Crippen LogP contribution in [0.15, 0.2) is 65.5 Å². The maximum Gasteiger partial charge on any atom is 0.319 e. The van der Waals surface area contributed by atoms with Gasteiger partial charge in [0, 0.05) is 36.0 Å². The van der Waals surface area contributed by atoms with Gasteiger partial charge in [-0.3, -0.25) is 9.59 Å². The number of rotatable bonds is 16. The molecule has 2 aromatic carbocycles. The molecule has 0 aliphatic carbocycles. The number of carbonyl (C=O) groups excluding carboxylic acids is 2. The molecule has 8 nitrogen and oxygen atoms in total. The van der Waals surface area contributed by atoms with Crippen LogP contribution in [0.4, 0.5) is 10.5 Å². The first-order chi connectivity index (χ1) is 19.5. The van der Waals surface area contributed by atoms with Crippen LogP contribution in [0.3, 0.4) is 0 Å². The van der Waals surface area contributed by atoms with Crippen molar-refractivity contribution in [2.45, 2.75) is 78.2 Å². The van der Waals surface area contributed by atoms with E-state index in [1.807, 2.05) is 37.3 Å². The Kier molecular flexibility index (Phi) is 12.9. The molecule has 0 saturated heterocycles. The molecular formula is C32H43N5O3. The average molecular weight is 546 g/mol. The molecule has 0 saturated carbocycles. The summed E-state index contributed by atoms with van der Waals surface area (Å²) in [6, 6.07) is 17.5. The average Bonchev–Trinajstić information content (AvgIpc) is 2.96. The molecular weight excluding hydrogens is 502 g/mol. The fourth-order valence-corrected chi connectivity index (χ4v) is 4.41. The Morgan fingerprint density at radius 2 is 1.50 bits per heavy atom. The van der Waals surface area contributed by atoms with Gasteiger partial charge in [-0.05, 0) is 48.7 Å². The van der Waals surface area contributed by atoms with E-state index in [0.29, 0.717) is 30.0 Å². The van der Waals surface area contributed by atoms with Crippen molar-refractivity contribution in [2.24, 2.45) is 0 Å². The Bertz CT molecular complexity index is 1270. The van der Waals surface area contributed by atoms with Crippen LogP contribution in [0.5, 0.6) is 0 Å². The summed E-state index contributed by atoms with van der Waals surface area (Å²) in [4.78, 5) is 37.0. The van der Waals surface area contributed by atoms with E-state index in [2.05, 4.69) is 28.0 Å². The largest absolute Gasteiger partial charge is 0.352 e. The number of urea groups is 1. The van der Waals surface area contributed by atoms with Gasteiger partial charge in [-0.15, -0.1) is 0 Å². The van der Waals surface area contributed by atoms with Gasteiger partial charge in [0.25, 0.3) is 11.5 Å². The molecule has 0 spiro atoms. The summed E-state index contributed by atoms with van der Waals surface area (Å²) in [5, 5.41) is 13.1. The number of carbonyl (C=O) groups is 2. The number of aromatic nitrogens is 2. The normalized spacial score (nSPS) is 10.8. The van der Waals surface area contributed by atoms with Crippen LogP contribution in [-0.2, 0) is 6.54 Å². The molecule has 40 heavy (non-hydrogen) atoms. The first-order valence-corrected chi connectivity index (χ1v) is 14.6. The highest BCUT2D eigenvalue weighted by Crippen LogP contribution is 2.17. The standard InChI is InChI=1S/C32H43N5O3/c1-3-5-6-7-8-9-10-11-22-33-31(39)27-17-15-26(16-18-27)29-19-20-30(38)37(36-29)24-25-13-12-14-28(23-25)35-32(40)34-21-4-2/h12-20,23H,3-11,21-22,24H2,1-2H3,(H,33,39)(H2,34,35,40). The van der Waals surface area contributed by atoms with Gasteiger partial charge < -0.3 is 16.0 Å². The first kappa shape index (κ1) is 30.6. The Labute approximate surface area is 237 Å². The summed E-state index contributed by atoms with van der Waals surface area (Å²) in [5.74, 6) is -0.0794. The highest BCUT2D eigenvalue weighted by molar-refractivity contribution is 5.94. The lowest BCUT2D eigenvalue weighted by atomic mass is 10.1. The molecule has 1 aromatic heterocycles. The minimum atomic E-state index is -0.262. The molecule has 1 heterocycles. The molecule has 0 atom stereocenters. The number of amides is 3. The topological polar surface area (TPSA) is 105 Å². The summed E-state index contributed by atoms with van der Waals surface area (Å²) < 4.78 is 1.40. The summed E-state index contributed by atoms with van der Waals surface area (Å²) >= 11 is 0. The fraction of sp³-hybridized carbons (Fsp3) is 0.438. The van der Waals surface area contributed by atoms with Crippen LogP contribution in [0, 0.1) is 0 Å². The van der Waals surface area contributed by atoms with Gasteiger partial charge in [-0.25, -0.2) is 9.48 Å². The molecule has 0 aliphatic rings. The van der Waals surface area contributed by atoms with E-state index in [1.165, 1.54) is 49.3 Å². The van der Waals surface area contributed by atoms with Crippen LogP contribution >= 0.6 is 0 Å². The van der Waals surface area contributed by atoms with Gasteiger partial charge in [0.1, 0.15) is 0 Å². The number of anilines is 1. The van der Waals surface area contributed by atoms with Crippen molar-refractivity contribution in [2.75, 3.05) is 18.4 Å². The second-order valence-electron chi connectivity index (χ2n) is 10.1.